The van der Waals surface area contributed by atoms with Crippen LogP contribution in [0.3, 0.4) is 0 Å². The highest BCUT2D eigenvalue weighted by Crippen LogP contribution is 2.15. The van der Waals surface area contributed by atoms with Crippen molar-refractivity contribution >= 4 is 29.9 Å². The fraction of sp³-hybridized carbons (Fsp3) is 0.824. The van der Waals surface area contributed by atoms with E-state index in [1.807, 2.05) is 0 Å². The quantitative estimate of drug-likeness (QED) is 0.228. The molecule has 0 aromatic heterocycles. The smallest absolute Gasteiger partial charge is 0.191 e. The molecule has 0 aromatic carbocycles. The molecule has 2 rings (SSSR count). The van der Waals surface area contributed by atoms with Gasteiger partial charge in [-0.05, 0) is 64.6 Å². The van der Waals surface area contributed by atoms with Crippen molar-refractivity contribution in [2.24, 2.45) is 10.9 Å². The lowest BCUT2D eigenvalue weighted by Gasteiger charge is -2.29. The first-order valence-corrected chi connectivity index (χ1v) is 8.70. The summed E-state index contributed by atoms with van der Waals surface area (Å²) in [7, 11) is 0. The summed E-state index contributed by atoms with van der Waals surface area (Å²) in [5.74, 6) is 1.90. The summed E-state index contributed by atoms with van der Waals surface area (Å²) < 4.78 is 0. The molecule has 1 aliphatic heterocycles. The van der Waals surface area contributed by atoms with Crippen LogP contribution in [0.2, 0.25) is 0 Å². The van der Waals surface area contributed by atoms with E-state index in [1.54, 1.807) is 0 Å². The van der Waals surface area contributed by atoms with Crippen molar-refractivity contribution < 1.29 is 0 Å². The molecule has 2 N–H and O–H groups in total. The molecule has 1 fully saturated rings. The van der Waals surface area contributed by atoms with Crippen LogP contribution in [0.25, 0.3) is 0 Å². The first kappa shape index (κ1) is 19.7. The molecule has 1 aliphatic carbocycles. The van der Waals surface area contributed by atoms with Crippen LogP contribution in [-0.4, -0.2) is 49.6 Å². The standard InChI is InChI=1S/C17H32N4.HI/c1-3-18-17(20-16-7-4-5-8-16)19-11-6-12-21-13-9-15(2)10-14-21;/h4-5,15-16H,3,6-14H2,1-2H3,(H2,18,19,20);1H. The number of hydrogen-bond acceptors (Lipinski definition) is 2. The molecule has 2 aliphatic rings. The number of hydrogen-bond donors (Lipinski definition) is 2. The molecule has 22 heavy (non-hydrogen) atoms. The number of likely N-dealkylation sites (tertiary alicyclic amines) is 1. The second-order valence-electron chi connectivity index (χ2n) is 6.42. The minimum atomic E-state index is 0. The maximum atomic E-state index is 4.72. The summed E-state index contributed by atoms with van der Waals surface area (Å²) in [4.78, 5) is 7.31. The summed E-state index contributed by atoms with van der Waals surface area (Å²) >= 11 is 0. The van der Waals surface area contributed by atoms with Crippen molar-refractivity contribution in [2.75, 3.05) is 32.7 Å². The molecule has 0 spiro atoms. The summed E-state index contributed by atoms with van der Waals surface area (Å²) in [5.41, 5.74) is 0. The van der Waals surface area contributed by atoms with Crippen LogP contribution < -0.4 is 10.6 Å². The minimum Gasteiger partial charge on any atom is -0.357 e. The van der Waals surface area contributed by atoms with Crippen molar-refractivity contribution in [2.45, 2.75) is 52.0 Å². The van der Waals surface area contributed by atoms with Crippen LogP contribution in [0.4, 0.5) is 0 Å². The monoisotopic (exact) mass is 420 g/mol. The first-order chi connectivity index (χ1) is 10.3. The molecule has 128 valence electrons. The van der Waals surface area contributed by atoms with Gasteiger partial charge in [0, 0.05) is 19.1 Å². The number of piperidine rings is 1. The molecule has 0 aromatic rings. The van der Waals surface area contributed by atoms with E-state index in [4.69, 9.17) is 4.99 Å². The molecule has 4 nitrogen and oxygen atoms in total. The lowest BCUT2D eigenvalue weighted by Crippen LogP contribution is -2.42. The third-order valence-corrected chi connectivity index (χ3v) is 4.47. The van der Waals surface area contributed by atoms with Crippen LogP contribution in [-0.2, 0) is 0 Å². The average Bonchev–Trinajstić information content (AvgIpc) is 2.98. The van der Waals surface area contributed by atoms with Gasteiger partial charge in [-0.3, -0.25) is 4.99 Å². The fourth-order valence-corrected chi connectivity index (χ4v) is 3.02. The summed E-state index contributed by atoms with van der Waals surface area (Å²) in [6.07, 6.45) is 10.6. The highest BCUT2D eigenvalue weighted by Gasteiger charge is 2.15. The van der Waals surface area contributed by atoms with Gasteiger partial charge in [-0.2, -0.15) is 0 Å². The molecular formula is C17H33IN4. The number of halogens is 1. The summed E-state index contributed by atoms with van der Waals surface area (Å²) in [6.45, 7) is 10.1. The maximum absolute atomic E-state index is 4.72. The van der Waals surface area contributed by atoms with Gasteiger partial charge in [0.15, 0.2) is 5.96 Å². The highest BCUT2D eigenvalue weighted by molar-refractivity contribution is 14.0. The Balaban J connectivity index is 0.00000242. The summed E-state index contributed by atoms with van der Waals surface area (Å²) in [6, 6.07) is 0.534. The van der Waals surface area contributed by atoms with Gasteiger partial charge < -0.3 is 15.5 Å². The number of aliphatic imine (C=N–C) groups is 1. The van der Waals surface area contributed by atoms with Crippen LogP contribution in [0.5, 0.6) is 0 Å². The molecule has 0 radical (unpaired) electrons. The predicted molar refractivity (Wildman–Crippen MR) is 106 cm³/mol. The molecule has 1 heterocycles. The van der Waals surface area contributed by atoms with Crippen molar-refractivity contribution in [3.05, 3.63) is 12.2 Å². The molecule has 0 amide bonds. The van der Waals surface area contributed by atoms with E-state index < -0.39 is 0 Å². The molecule has 5 heteroatoms. The van der Waals surface area contributed by atoms with Crippen LogP contribution in [0, 0.1) is 5.92 Å². The van der Waals surface area contributed by atoms with Crippen molar-refractivity contribution in [3.8, 4) is 0 Å². The normalized spacial score (nSPS) is 20.9. The average molecular weight is 420 g/mol. The van der Waals surface area contributed by atoms with Crippen LogP contribution in [0.1, 0.15) is 46.0 Å². The Morgan fingerprint density at radius 3 is 2.55 bits per heavy atom. The molecule has 0 bridgehead atoms. The number of nitrogens with zero attached hydrogens (tertiary/aromatic N) is 2. The Bertz CT molecular complexity index is 341. The molecule has 0 saturated carbocycles. The largest absolute Gasteiger partial charge is 0.357 e. The van der Waals surface area contributed by atoms with E-state index >= 15 is 0 Å². The Hall–Kier alpha value is -0.300. The van der Waals surface area contributed by atoms with Crippen LogP contribution in [0.15, 0.2) is 17.1 Å². The third kappa shape index (κ3) is 7.31. The lowest BCUT2D eigenvalue weighted by molar-refractivity contribution is 0.192. The first-order valence-electron chi connectivity index (χ1n) is 8.70. The minimum absolute atomic E-state index is 0. The highest BCUT2D eigenvalue weighted by atomic mass is 127. The topological polar surface area (TPSA) is 39.7 Å². The van der Waals surface area contributed by atoms with Crippen LogP contribution >= 0.6 is 24.0 Å². The number of rotatable bonds is 6. The number of nitrogens with one attached hydrogen (secondary N) is 2. The summed E-state index contributed by atoms with van der Waals surface area (Å²) in [5, 5.41) is 6.88. The van der Waals surface area contributed by atoms with Crippen molar-refractivity contribution in [1.29, 1.82) is 0 Å². The van der Waals surface area contributed by atoms with E-state index in [9.17, 15) is 0 Å². The second kappa shape index (κ2) is 11.3. The zero-order valence-corrected chi connectivity index (χ0v) is 16.5. The van der Waals surface area contributed by atoms with E-state index in [0.29, 0.717) is 6.04 Å². The Morgan fingerprint density at radius 2 is 1.91 bits per heavy atom. The zero-order chi connectivity index (χ0) is 14.9. The zero-order valence-electron chi connectivity index (χ0n) is 14.2. The second-order valence-corrected chi connectivity index (χ2v) is 6.42. The van der Waals surface area contributed by atoms with E-state index in [2.05, 4.69) is 41.5 Å². The van der Waals surface area contributed by atoms with Crippen molar-refractivity contribution in [3.63, 3.8) is 0 Å². The third-order valence-electron chi connectivity index (χ3n) is 4.47. The van der Waals surface area contributed by atoms with Gasteiger partial charge in [-0.15, -0.1) is 24.0 Å². The molecule has 0 atom stereocenters. The Kier molecular flexibility index (Phi) is 10.1. The Labute approximate surface area is 153 Å². The SMILES string of the molecule is CCNC(=NCCCN1CCC(C)CC1)NC1CC=CC1.I. The predicted octanol–water partition coefficient (Wildman–Crippen LogP) is 3.00. The Morgan fingerprint density at radius 1 is 1.23 bits per heavy atom. The van der Waals surface area contributed by atoms with Gasteiger partial charge in [0.05, 0.1) is 0 Å². The van der Waals surface area contributed by atoms with Gasteiger partial charge in [-0.25, -0.2) is 0 Å². The van der Waals surface area contributed by atoms with Crippen molar-refractivity contribution in [1.82, 2.24) is 15.5 Å². The van der Waals surface area contributed by atoms with Gasteiger partial charge in [-0.1, -0.05) is 19.1 Å². The maximum Gasteiger partial charge on any atom is 0.191 e. The molecule has 0 unspecified atom stereocenters. The van der Waals surface area contributed by atoms with Gasteiger partial charge >= 0.3 is 0 Å². The fourth-order valence-electron chi connectivity index (χ4n) is 3.02. The van der Waals surface area contributed by atoms with Gasteiger partial charge in [0.2, 0.25) is 0 Å². The van der Waals surface area contributed by atoms with E-state index in [0.717, 1.165) is 44.2 Å². The van der Waals surface area contributed by atoms with E-state index in [-0.39, 0.29) is 24.0 Å². The molecular weight excluding hydrogens is 387 g/mol. The lowest BCUT2D eigenvalue weighted by atomic mass is 9.99. The van der Waals surface area contributed by atoms with Gasteiger partial charge in [0.1, 0.15) is 0 Å². The number of guanidine groups is 1. The molecule has 1 saturated heterocycles. The van der Waals surface area contributed by atoms with Gasteiger partial charge in [0.25, 0.3) is 0 Å². The van der Waals surface area contributed by atoms with E-state index in [1.165, 1.54) is 32.5 Å².